The molecule has 2 unspecified atom stereocenters. The van der Waals surface area contributed by atoms with Gasteiger partial charge in [0.15, 0.2) is 0 Å². The summed E-state index contributed by atoms with van der Waals surface area (Å²) in [6.07, 6.45) is -2.60. The first kappa shape index (κ1) is 20.3. The molecule has 0 bridgehead atoms. The summed E-state index contributed by atoms with van der Waals surface area (Å²) in [6, 6.07) is 11.6. The highest BCUT2D eigenvalue weighted by atomic mass is 35.5. The summed E-state index contributed by atoms with van der Waals surface area (Å²) in [5.41, 5.74) is 8.91. The van der Waals surface area contributed by atoms with Gasteiger partial charge in [-0.3, -0.25) is 4.79 Å². The maximum atomic E-state index is 13.0. The van der Waals surface area contributed by atoms with Crippen molar-refractivity contribution in [3.05, 3.63) is 53.6 Å². The van der Waals surface area contributed by atoms with E-state index in [9.17, 15) is 18.0 Å². The maximum Gasteiger partial charge on any atom is 0.573 e. The fourth-order valence-electron chi connectivity index (χ4n) is 3.90. The second-order valence-electron chi connectivity index (χ2n) is 6.97. The van der Waals surface area contributed by atoms with Crippen LogP contribution >= 0.6 is 12.4 Å². The van der Waals surface area contributed by atoms with Crippen LogP contribution in [0.5, 0.6) is 5.75 Å². The maximum absolute atomic E-state index is 13.0. The molecule has 2 aliphatic rings. The molecule has 28 heavy (non-hydrogen) atoms. The van der Waals surface area contributed by atoms with Gasteiger partial charge in [0.05, 0.1) is 0 Å². The zero-order valence-electron chi connectivity index (χ0n) is 14.9. The highest BCUT2D eigenvalue weighted by molar-refractivity contribution is 5.99. The Labute approximate surface area is 166 Å². The molecular weight excluding hydrogens is 393 g/mol. The van der Waals surface area contributed by atoms with Crippen molar-refractivity contribution in [3.8, 4) is 5.75 Å². The average molecular weight is 413 g/mol. The molecule has 150 valence electrons. The van der Waals surface area contributed by atoms with Crippen LogP contribution < -0.4 is 15.4 Å². The number of nitrogens with zero attached hydrogens (tertiary/aromatic N) is 1. The number of carbonyl (C=O) groups is 1. The van der Waals surface area contributed by atoms with E-state index in [0.29, 0.717) is 24.2 Å². The van der Waals surface area contributed by atoms with Crippen molar-refractivity contribution in [1.82, 2.24) is 0 Å². The summed E-state index contributed by atoms with van der Waals surface area (Å²) >= 11 is 0. The quantitative estimate of drug-likeness (QED) is 0.745. The number of hydrogen-bond donors (Lipinski definition) is 1. The Balaban J connectivity index is 0.00000225. The Morgan fingerprint density at radius 3 is 2.64 bits per heavy atom. The fraction of sp³-hybridized carbons (Fsp3) is 0.350. The van der Waals surface area contributed by atoms with Gasteiger partial charge in [-0.05, 0) is 54.5 Å². The van der Waals surface area contributed by atoms with Crippen LogP contribution in [0.15, 0.2) is 42.5 Å². The normalized spacial score (nSPS) is 20.8. The van der Waals surface area contributed by atoms with Crippen molar-refractivity contribution in [1.29, 1.82) is 0 Å². The summed E-state index contributed by atoms with van der Waals surface area (Å²) in [4.78, 5) is 14.8. The van der Waals surface area contributed by atoms with Gasteiger partial charge in [0, 0.05) is 23.8 Å². The summed E-state index contributed by atoms with van der Waals surface area (Å²) in [7, 11) is 0. The summed E-state index contributed by atoms with van der Waals surface area (Å²) in [6.45, 7) is 0.596. The molecule has 0 spiro atoms. The van der Waals surface area contributed by atoms with Gasteiger partial charge in [0.1, 0.15) is 5.75 Å². The Hall–Kier alpha value is -2.41. The smallest absolute Gasteiger partial charge is 0.405 e. The molecule has 1 amide bonds. The predicted octanol–water partition coefficient (Wildman–Crippen LogP) is 4.67. The lowest BCUT2D eigenvalue weighted by Gasteiger charge is -2.30. The molecule has 1 fully saturated rings. The molecule has 0 saturated heterocycles. The second kappa shape index (κ2) is 7.54. The van der Waals surface area contributed by atoms with Gasteiger partial charge in [-0.25, -0.2) is 0 Å². The monoisotopic (exact) mass is 412 g/mol. The Bertz CT molecular complexity index is 888. The number of fused-ring (bicyclic) bond motifs is 1. The van der Waals surface area contributed by atoms with Crippen LogP contribution in [0.1, 0.15) is 29.9 Å². The van der Waals surface area contributed by atoms with Gasteiger partial charge in [-0.1, -0.05) is 24.3 Å². The lowest BCUT2D eigenvalue weighted by atomic mass is 9.99. The molecule has 0 aromatic heterocycles. The number of ether oxygens (including phenoxy) is 1. The minimum absolute atomic E-state index is 0. The van der Waals surface area contributed by atoms with E-state index < -0.39 is 6.36 Å². The van der Waals surface area contributed by atoms with Gasteiger partial charge in [0.25, 0.3) is 0 Å². The van der Waals surface area contributed by atoms with Crippen LogP contribution in [0.25, 0.3) is 0 Å². The first-order valence-corrected chi connectivity index (χ1v) is 8.88. The van der Waals surface area contributed by atoms with Gasteiger partial charge in [-0.2, -0.15) is 0 Å². The van der Waals surface area contributed by atoms with Crippen molar-refractivity contribution in [2.75, 3.05) is 17.2 Å². The molecule has 1 aliphatic carbocycles. The Morgan fingerprint density at radius 2 is 1.89 bits per heavy atom. The zero-order valence-corrected chi connectivity index (χ0v) is 15.7. The third-order valence-electron chi connectivity index (χ3n) is 5.20. The number of amides is 1. The third-order valence-corrected chi connectivity index (χ3v) is 5.20. The van der Waals surface area contributed by atoms with E-state index in [0.717, 1.165) is 24.1 Å². The number of hydrogen-bond acceptors (Lipinski definition) is 3. The average Bonchev–Trinajstić information content (AvgIpc) is 3.41. The standard InChI is InChI=1S/C20H19F3N2O2.ClH/c21-20(22,23)27-18-9-2-1-5-12(18)14-11-15(14)19(26)25-10-4-6-13-16(24)7-3-8-17(13)25;/h1-3,5,7-9,14-15H,4,6,10-11,24H2;1H. The first-order valence-electron chi connectivity index (χ1n) is 8.88. The van der Waals surface area contributed by atoms with E-state index in [1.807, 2.05) is 18.2 Å². The second-order valence-corrected chi connectivity index (χ2v) is 6.97. The zero-order chi connectivity index (χ0) is 19.2. The van der Waals surface area contributed by atoms with Crippen molar-refractivity contribution >= 4 is 29.7 Å². The van der Waals surface area contributed by atoms with Crippen LogP contribution in [0, 0.1) is 5.92 Å². The van der Waals surface area contributed by atoms with E-state index >= 15 is 0 Å². The minimum atomic E-state index is -4.76. The number of halogens is 4. The van der Waals surface area contributed by atoms with Gasteiger partial charge >= 0.3 is 6.36 Å². The van der Waals surface area contributed by atoms with Crippen LogP contribution in [0.2, 0.25) is 0 Å². The number of benzene rings is 2. The molecule has 1 saturated carbocycles. The predicted molar refractivity (Wildman–Crippen MR) is 103 cm³/mol. The third kappa shape index (κ3) is 3.90. The lowest BCUT2D eigenvalue weighted by Crippen LogP contribution is -2.37. The molecule has 2 N–H and O–H groups in total. The molecule has 4 nitrogen and oxygen atoms in total. The number of rotatable bonds is 3. The van der Waals surface area contributed by atoms with E-state index in [1.54, 1.807) is 17.0 Å². The number of anilines is 2. The van der Waals surface area contributed by atoms with Crippen LogP contribution in [-0.2, 0) is 11.2 Å². The Morgan fingerprint density at radius 1 is 1.14 bits per heavy atom. The van der Waals surface area contributed by atoms with Crippen molar-refractivity contribution in [2.45, 2.75) is 31.5 Å². The molecule has 8 heteroatoms. The Kier molecular flexibility index (Phi) is 5.48. The molecule has 4 rings (SSSR count). The fourth-order valence-corrected chi connectivity index (χ4v) is 3.90. The number of para-hydroxylation sites is 1. The molecule has 2 aromatic rings. The molecule has 2 atom stereocenters. The molecule has 2 aromatic carbocycles. The minimum Gasteiger partial charge on any atom is -0.405 e. The van der Waals surface area contributed by atoms with Crippen molar-refractivity contribution < 1.29 is 22.7 Å². The molecule has 0 radical (unpaired) electrons. The summed E-state index contributed by atoms with van der Waals surface area (Å²) in [5.74, 6) is -0.889. The summed E-state index contributed by atoms with van der Waals surface area (Å²) < 4.78 is 42.1. The van der Waals surface area contributed by atoms with E-state index in [2.05, 4.69) is 4.74 Å². The SMILES string of the molecule is Cl.Nc1cccc2c1CCCN2C(=O)C1CC1c1ccccc1OC(F)(F)F. The van der Waals surface area contributed by atoms with Gasteiger partial charge < -0.3 is 15.4 Å². The number of nitrogens with two attached hydrogens (primary N) is 1. The van der Waals surface area contributed by atoms with E-state index in [-0.39, 0.29) is 35.9 Å². The molecule has 1 heterocycles. The van der Waals surface area contributed by atoms with Crippen LogP contribution in [-0.4, -0.2) is 18.8 Å². The number of alkyl halides is 3. The van der Waals surface area contributed by atoms with E-state index in [4.69, 9.17) is 5.73 Å². The number of carbonyl (C=O) groups excluding carboxylic acids is 1. The van der Waals surface area contributed by atoms with E-state index in [1.165, 1.54) is 12.1 Å². The first-order chi connectivity index (χ1) is 12.8. The number of nitrogen functional groups attached to an aromatic ring is 1. The van der Waals surface area contributed by atoms with Crippen LogP contribution in [0.3, 0.4) is 0 Å². The van der Waals surface area contributed by atoms with Crippen molar-refractivity contribution in [2.24, 2.45) is 5.92 Å². The largest absolute Gasteiger partial charge is 0.573 e. The molecular formula is C20H20ClF3N2O2. The summed E-state index contributed by atoms with van der Waals surface area (Å²) in [5, 5.41) is 0. The topological polar surface area (TPSA) is 55.6 Å². The molecule has 1 aliphatic heterocycles. The van der Waals surface area contributed by atoms with Gasteiger partial charge in [-0.15, -0.1) is 25.6 Å². The highest BCUT2D eigenvalue weighted by Gasteiger charge is 2.48. The van der Waals surface area contributed by atoms with Crippen molar-refractivity contribution in [3.63, 3.8) is 0 Å². The lowest BCUT2D eigenvalue weighted by molar-refractivity contribution is -0.274. The van der Waals surface area contributed by atoms with Crippen LogP contribution in [0.4, 0.5) is 24.5 Å². The highest BCUT2D eigenvalue weighted by Crippen LogP contribution is 2.52. The van der Waals surface area contributed by atoms with Gasteiger partial charge in [0.2, 0.25) is 5.91 Å².